The number of hydrogen-bond donors (Lipinski definition) is 1. The van der Waals surface area contributed by atoms with E-state index in [9.17, 15) is 9.59 Å². The van der Waals surface area contributed by atoms with Gasteiger partial charge in [-0.1, -0.05) is 56.3 Å². The van der Waals surface area contributed by atoms with Crippen molar-refractivity contribution in [3.05, 3.63) is 65.7 Å². The fourth-order valence-corrected chi connectivity index (χ4v) is 2.23. The van der Waals surface area contributed by atoms with Gasteiger partial charge in [0.05, 0.1) is 6.54 Å². The standard InChI is InChI=1S/C21H26N2O4/c1-16(2)13-22-21(25)27-23(17(3)24)14-18-9-11-20(12-10-18)26-15-19-7-5-4-6-8-19/h4-12,16H,13-15H2,1-3H3,(H,22,25). The zero-order chi connectivity index (χ0) is 19.6. The highest BCUT2D eigenvalue weighted by atomic mass is 16.7. The monoisotopic (exact) mass is 370 g/mol. The maximum absolute atomic E-state index is 11.8. The molecule has 0 unspecified atom stereocenters. The lowest BCUT2D eigenvalue weighted by Crippen LogP contribution is -2.37. The number of ether oxygens (including phenoxy) is 1. The highest BCUT2D eigenvalue weighted by molar-refractivity contribution is 5.75. The van der Waals surface area contributed by atoms with E-state index in [-0.39, 0.29) is 12.5 Å². The number of carbonyl (C=O) groups excluding carboxylic acids is 2. The van der Waals surface area contributed by atoms with Crippen molar-refractivity contribution < 1.29 is 19.2 Å². The predicted octanol–water partition coefficient (Wildman–Crippen LogP) is 3.91. The Hall–Kier alpha value is -3.02. The molecule has 2 rings (SSSR count). The molecule has 0 fully saturated rings. The Kier molecular flexibility index (Phi) is 7.67. The van der Waals surface area contributed by atoms with Crippen LogP contribution in [0, 0.1) is 5.92 Å². The van der Waals surface area contributed by atoms with Crippen LogP contribution in [0.1, 0.15) is 31.9 Å². The fourth-order valence-electron chi connectivity index (χ4n) is 2.23. The number of benzene rings is 2. The van der Waals surface area contributed by atoms with Gasteiger partial charge >= 0.3 is 6.09 Å². The predicted molar refractivity (Wildman–Crippen MR) is 103 cm³/mol. The molecule has 0 saturated carbocycles. The van der Waals surface area contributed by atoms with Gasteiger partial charge in [-0.3, -0.25) is 4.79 Å². The van der Waals surface area contributed by atoms with Crippen LogP contribution in [-0.4, -0.2) is 23.6 Å². The molecular weight excluding hydrogens is 344 g/mol. The molecule has 0 heterocycles. The third-order valence-corrected chi connectivity index (χ3v) is 3.70. The maximum atomic E-state index is 11.8. The lowest BCUT2D eigenvalue weighted by Gasteiger charge is -2.20. The fraction of sp³-hybridized carbons (Fsp3) is 0.333. The Balaban J connectivity index is 1.88. The minimum atomic E-state index is -0.637. The number of nitrogens with one attached hydrogen (secondary N) is 1. The van der Waals surface area contributed by atoms with Gasteiger partial charge in [-0.25, -0.2) is 4.79 Å². The number of nitrogens with zero attached hydrogens (tertiary/aromatic N) is 1. The van der Waals surface area contributed by atoms with Crippen molar-refractivity contribution in [2.24, 2.45) is 5.92 Å². The molecule has 6 heteroatoms. The minimum Gasteiger partial charge on any atom is -0.489 e. The van der Waals surface area contributed by atoms with Gasteiger partial charge < -0.3 is 14.9 Å². The summed E-state index contributed by atoms with van der Waals surface area (Å²) in [4.78, 5) is 28.6. The highest BCUT2D eigenvalue weighted by Gasteiger charge is 2.15. The summed E-state index contributed by atoms with van der Waals surface area (Å²) >= 11 is 0. The zero-order valence-corrected chi connectivity index (χ0v) is 16.0. The Labute approximate surface area is 160 Å². The van der Waals surface area contributed by atoms with Crippen LogP contribution in [0.4, 0.5) is 4.79 Å². The first-order valence-electron chi connectivity index (χ1n) is 8.93. The molecule has 0 radical (unpaired) electrons. The van der Waals surface area contributed by atoms with Gasteiger partial charge in [0.25, 0.3) is 5.91 Å². The van der Waals surface area contributed by atoms with Gasteiger partial charge in [0.1, 0.15) is 12.4 Å². The Morgan fingerprint density at radius 3 is 2.26 bits per heavy atom. The molecule has 0 bridgehead atoms. The number of carbonyl (C=O) groups is 2. The van der Waals surface area contributed by atoms with E-state index in [1.165, 1.54) is 6.92 Å². The molecule has 0 aliphatic heterocycles. The zero-order valence-electron chi connectivity index (χ0n) is 16.0. The van der Waals surface area contributed by atoms with E-state index in [0.29, 0.717) is 19.1 Å². The Morgan fingerprint density at radius 1 is 1.00 bits per heavy atom. The molecule has 0 aliphatic rings. The van der Waals surface area contributed by atoms with Crippen molar-refractivity contribution in [2.45, 2.75) is 33.9 Å². The van der Waals surface area contributed by atoms with Crippen molar-refractivity contribution in [1.29, 1.82) is 0 Å². The smallest absolute Gasteiger partial charge is 0.431 e. The normalized spacial score (nSPS) is 10.4. The van der Waals surface area contributed by atoms with E-state index in [1.54, 1.807) is 0 Å². The van der Waals surface area contributed by atoms with Crippen LogP contribution >= 0.6 is 0 Å². The van der Waals surface area contributed by atoms with Crippen LogP contribution in [0.5, 0.6) is 5.75 Å². The summed E-state index contributed by atoms with van der Waals surface area (Å²) in [6.45, 7) is 6.45. The van der Waals surface area contributed by atoms with Crippen molar-refractivity contribution in [3.8, 4) is 5.75 Å². The van der Waals surface area contributed by atoms with Crippen molar-refractivity contribution in [1.82, 2.24) is 10.4 Å². The summed E-state index contributed by atoms with van der Waals surface area (Å²) in [5.74, 6) is 0.679. The van der Waals surface area contributed by atoms with E-state index in [4.69, 9.17) is 9.57 Å². The van der Waals surface area contributed by atoms with Crippen LogP contribution in [0.3, 0.4) is 0 Å². The van der Waals surface area contributed by atoms with Gasteiger partial charge in [-0.2, -0.15) is 5.06 Å². The van der Waals surface area contributed by atoms with Crippen LogP contribution < -0.4 is 10.1 Å². The molecule has 2 aromatic rings. The van der Waals surface area contributed by atoms with Gasteiger partial charge in [-0.15, -0.1) is 0 Å². The van der Waals surface area contributed by atoms with Crippen LogP contribution in [0.15, 0.2) is 54.6 Å². The molecule has 0 atom stereocenters. The largest absolute Gasteiger partial charge is 0.489 e. The van der Waals surface area contributed by atoms with E-state index in [2.05, 4.69) is 5.32 Å². The summed E-state index contributed by atoms with van der Waals surface area (Å²) in [5, 5.41) is 3.66. The van der Waals surface area contributed by atoms with Crippen molar-refractivity contribution in [3.63, 3.8) is 0 Å². The van der Waals surface area contributed by atoms with Crippen molar-refractivity contribution in [2.75, 3.05) is 6.54 Å². The first kappa shape index (κ1) is 20.3. The minimum absolute atomic E-state index is 0.170. The highest BCUT2D eigenvalue weighted by Crippen LogP contribution is 2.16. The van der Waals surface area contributed by atoms with Crippen LogP contribution in [0.25, 0.3) is 0 Å². The van der Waals surface area contributed by atoms with Crippen LogP contribution in [0.2, 0.25) is 0 Å². The molecule has 2 amide bonds. The SMILES string of the molecule is CC(=O)N(Cc1ccc(OCc2ccccc2)cc1)OC(=O)NCC(C)C. The van der Waals surface area contributed by atoms with Gasteiger partial charge in [0, 0.05) is 13.5 Å². The van der Waals surface area contributed by atoms with Crippen LogP contribution in [-0.2, 0) is 22.8 Å². The average Bonchev–Trinajstić information content (AvgIpc) is 2.66. The lowest BCUT2D eigenvalue weighted by atomic mass is 10.2. The molecule has 0 aliphatic carbocycles. The number of hydrogen-bond acceptors (Lipinski definition) is 4. The topological polar surface area (TPSA) is 67.9 Å². The number of rotatable bonds is 7. The summed E-state index contributed by atoms with van der Waals surface area (Å²) in [5.41, 5.74) is 1.92. The second-order valence-electron chi connectivity index (χ2n) is 6.63. The molecular formula is C21H26N2O4. The van der Waals surface area contributed by atoms with Gasteiger partial charge in [0.15, 0.2) is 0 Å². The summed E-state index contributed by atoms with van der Waals surface area (Å²) in [7, 11) is 0. The van der Waals surface area contributed by atoms with E-state index >= 15 is 0 Å². The third kappa shape index (κ3) is 7.40. The second-order valence-corrected chi connectivity index (χ2v) is 6.63. The first-order valence-corrected chi connectivity index (χ1v) is 8.93. The van der Waals surface area contributed by atoms with Gasteiger partial charge in [-0.05, 0) is 29.2 Å². The summed E-state index contributed by atoms with van der Waals surface area (Å²) in [6.07, 6.45) is -0.637. The molecule has 0 aromatic heterocycles. The summed E-state index contributed by atoms with van der Waals surface area (Å²) < 4.78 is 5.74. The molecule has 27 heavy (non-hydrogen) atoms. The number of hydroxylamine groups is 2. The number of amides is 2. The maximum Gasteiger partial charge on any atom is 0.431 e. The molecule has 144 valence electrons. The van der Waals surface area contributed by atoms with E-state index < -0.39 is 6.09 Å². The second kappa shape index (κ2) is 10.2. The van der Waals surface area contributed by atoms with E-state index in [0.717, 1.165) is 21.9 Å². The van der Waals surface area contributed by atoms with Gasteiger partial charge in [0.2, 0.25) is 0 Å². The summed E-state index contributed by atoms with van der Waals surface area (Å²) in [6, 6.07) is 17.2. The third-order valence-electron chi connectivity index (χ3n) is 3.70. The average molecular weight is 370 g/mol. The molecule has 0 spiro atoms. The molecule has 0 saturated heterocycles. The van der Waals surface area contributed by atoms with E-state index in [1.807, 2.05) is 68.4 Å². The quantitative estimate of drug-likeness (QED) is 0.751. The molecule has 1 N–H and O–H groups in total. The Morgan fingerprint density at radius 2 is 1.67 bits per heavy atom. The molecule has 6 nitrogen and oxygen atoms in total. The van der Waals surface area contributed by atoms with Crippen molar-refractivity contribution >= 4 is 12.0 Å². The lowest BCUT2D eigenvalue weighted by molar-refractivity contribution is -0.165. The molecule has 2 aromatic carbocycles. The Bertz CT molecular complexity index is 730. The first-order chi connectivity index (χ1) is 12.9.